The lowest BCUT2D eigenvalue weighted by Crippen LogP contribution is -1.86. The van der Waals surface area contributed by atoms with Gasteiger partial charge in [0.05, 0.1) is 10.6 Å². The molecule has 0 aliphatic carbocycles. The molecular weight excluding hydrogens is 274 g/mol. The van der Waals surface area contributed by atoms with E-state index in [4.69, 9.17) is 0 Å². The molecule has 0 spiro atoms. The van der Waals surface area contributed by atoms with Crippen molar-refractivity contribution in [3.63, 3.8) is 0 Å². The van der Waals surface area contributed by atoms with Gasteiger partial charge in [0.25, 0.3) is 5.69 Å². The van der Waals surface area contributed by atoms with Gasteiger partial charge in [-0.15, -0.1) is 11.8 Å². The number of nitro groups is 1. The van der Waals surface area contributed by atoms with Crippen molar-refractivity contribution >= 4 is 23.1 Å². The molecule has 0 amide bonds. The number of aromatic nitrogens is 2. The van der Waals surface area contributed by atoms with Crippen LogP contribution in [0.5, 0.6) is 0 Å². The van der Waals surface area contributed by atoms with Crippen molar-refractivity contribution in [2.75, 3.05) is 0 Å². The molecule has 20 heavy (non-hydrogen) atoms. The second-order valence-corrected chi connectivity index (χ2v) is 5.29. The second-order valence-electron chi connectivity index (χ2n) is 4.24. The number of rotatable bonds is 4. The smallest absolute Gasteiger partial charge is 0.269 e. The summed E-state index contributed by atoms with van der Waals surface area (Å²) in [7, 11) is 0. The molecule has 1 aromatic carbocycles. The van der Waals surface area contributed by atoms with Gasteiger partial charge in [0, 0.05) is 35.2 Å². The van der Waals surface area contributed by atoms with Crippen molar-refractivity contribution in [3.8, 4) is 0 Å². The van der Waals surface area contributed by atoms with Gasteiger partial charge in [0.2, 0.25) is 0 Å². The molecule has 0 N–H and O–H groups in total. The van der Waals surface area contributed by atoms with E-state index in [2.05, 4.69) is 4.98 Å². The lowest BCUT2D eigenvalue weighted by atomic mass is 10.3. The van der Waals surface area contributed by atoms with Gasteiger partial charge in [-0.2, -0.15) is 0 Å². The Morgan fingerprint density at radius 2 is 2.00 bits per heavy atom. The Bertz CT molecular complexity index is 719. The van der Waals surface area contributed by atoms with Crippen LogP contribution in [0.2, 0.25) is 0 Å². The first-order valence-corrected chi connectivity index (χ1v) is 7.01. The molecule has 2 heterocycles. The number of fused-ring (bicyclic) bond motifs is 1. The summed E-state index contributed by atoms with van der Waals surface area (Å²) in [5, 5.41) is 10.6. The number of non-ortho nitro benzene ring substituents is 1. The Morgan fingerprint density at radius 3 is 2.70 bits per heavy atom. The minimum absolute atomic E-state index is 0.113. The van der Waals surface area contributed by atoms with Crippen molar-refractivity contribution in [1.29, 1.82) is 0 Å². The predicted molar refractivity (Wildman–Crippen MR) is 77.8 cm³/mol. The van der Waals surface area contributed by atoms with Crippen LogP contribution in [0.15, 0.2) is 59.8 Å². The van der Waals surface area contributed by atoms with Crippen LogP contribution in [0, 0.1) is 10.1 Å². The van der Waals surface area contributed by atoms with Crippen LogP contribution in [0.25, 0.3) is 5.65 Å². The van der Waals surface area contributed by atoms with E-state index in [1.165, 1.54) is 12.1 Å². The Morgan fingerprint density at radius 1 is 1.20 bits per heavy atom. The standard InChI is InChI=1S/C14H11N3O2S/c18-17(19)12-4-6-13(7-5-12)20-10-11-9-16-8-2-1-3-14(16)15-11/h1-9H,10H2. The third-order valence-corrected chi connectivity index (χ3v) is 3.89. The number of hydrogen-bond donors (Lipinski definition) is 0. The number of nitrogens with zero attached hydrogens (tertiary/aromatic N) is 3. The molecule has 3 aromatic rings. The number of thioether (sulfide) groups is 1. The molecule has 2 aromatic heterocycles. The summed E-state index contributed by atoms with van der Waals surface area (Å²) in [6.07, 6.45) is 3.95. The average molecular weight is 285 g/mol. The molecular formula is C14H11N3O2S. The van der Waals surface area contributed by atoms with Gasteiger partial charge < -0.3 is 4.40 Å². The first-order chi connectivity index (χ1) is 9.72. The maximum atomic E-state index is 10.6. The van der Waals surface area contributed by atoms with Gasteiger partial charge >= 0.3 is 0 Å². The Hall–Kier alpha value is -2.34. The van der Waals surface area contributed by atoms with Gasteiger partial charge in [-0.3, -0.25) is 10.1 Å². The highest BCUT2D eigenvalue weighted by molar-refractivity contribution is 7.98. The maximum absolute atomic E-state index is 10.6. The lowest BCUT2D eigenvalue weighted by Gasteiger charge is -1.98. The van der Waals surface area contributed by atoms with Crippen molar-refractivity contribution in [3.05, 3.63) is 70.7 Å². The molecule has 0 unspecified atom stereocenters. The highest BCUT2D eigenvalue weighted by Crippen LogP contribution is 2.24. The van der Waals surface area contributed by atoms with Crippen LogP contribution in [0.4, 0.5) is 5.69 Å². The molecule has 0 radical (unpaired) electrons. The van der Waals surface area contributed by atoms with Crippen molar-refractivity contribution in [1.82, 2.24) is 9.38 Å². The van der Waals surface area contributed by atoms with Crippen LogP contribution < -0.4 is 0 Å². The predicted octanol–water partition coefficient (Wildman–Crippen LogP) is 3.53. The first kappa shape index (κ1) is 12.7. The molecule has 0 saturated heterocycles. The third-order valence-electron chi connectivity index (χ3n) is 2.85. The van der Waals surface area contributed by atoms with E-state index in [-0.39, 0.29) is 5.69 Å². The van der Waals surface area contributed by atoms with E-state index in [0.717, 1.165) is 22.0 Å². The SMILES string of the molecule is O=[N+]([O-])c1ccc(SCc2cn3ccccc3n2)cc1. The van der Waals surface area contributed by atoms with E-state index in [1.807, 2.05) is 35.0 Å². The zero-order valence-electron chi connectivity index (χ0n) is 10.5. The minimum atomic E-state index is -0.392. The van der Waals surface area contributed by atoms with E-state index in [0.29, 0.717) is 0 Å². The Labute approximate surface area is 119 Å². The highest BCUT2D eigenvalue weighted by atomic mass is 32.2. The quantitative estimate of drug-likeness (QED) is 0.418. The molecule has 0 saturated carbocycles. The molecule has 3 rings (SSSR count). The summed E-state index contributed by atoms with van der Waals surface area (Å²) in [5.41, 5.74) is 2.02. The number of benzene rings is 1. The zero-order chi connectivity index (χ0) is 13.9. The van der Waals surface area contributed by atoms with Crippen molar-refractivity contribution in [2.24, 2.45) is 0 Å². The van der Waals surface area contributed by atoms with Crippen molar-refractivity contribution in [2.45, 2.75) is 10.6 Å². The third kappa shape index (κ3) is 2.65. The normalized spacial score (nSPS) is 10.8. The van der Waals surface area contributed by atoms with E-state index < -0.39 is 4.92 Å². The monoisotopic (exact) mass is 285 g/mol. The summed E-state index contributed by atoms with van der Waals surface area (Å²) in [6, 6.07) is 12.4. The molecule has 100 valence electrons. The maximum Gasteiger partial charge on any atom is 0.269 e. The summed E-state index contributed by atoms with van der Waals surface area (Å²) >= 11 is 1.61. The Balaban J connectivity index is 1.71. The van der Waals surface area contributed by atoms with Crippen LogP contribution in [0.1, 0.15) is 5.69 Å². The first-order valence-electron chi connectivity index (χ1n) is 6.02. The van der Waals surface area contributed by atoms with Gasteiger partial charge in [-0.05, 0) is 24.3 Å². The summed E-state index contributed by atoms with van der Waals surface area (Å²) < 4.78 is 1.98. The molecule has 0 aliphatic heterocycles. The van der Waals surface area contributed by atoms with Gasteiger partial charge in [-0.25, -0.2) is 4.98 Å². The minimum Gasteiger partial charge on any atom is -0.307 e. The highest BCUT2D eigenvalue weighted by Gasteiger charge is 2.05. The van der Waals surface area contributed by atoms with E-state index in [1.54, 1.807) is 23.9 Å². The van der Waals surface area contributed by atoms with Gasteiger partial charge in [0.1, 0.15) is 5.65 Å². The largest absolute Gasteiger partial charge is 0.307 e. The molecule has 6 heteroatoms. The molecule has 0 bridgehead atoms. The van der Waals surface area contributed by atoms with Gasteiger partial charge in [0.15, 0.2) is 0 Å². The fourth-order valence-electron chi connectivity index (χ4n) is 1.88. The number of pyridine rings is 1. The molecule has 0 atom stereocenters. The summed E-state index contributed by atoms with van der Waals surface area (Å²) in [4.78, 5) is 15.7. The van der Waals surface area contributed by atoms with Crippen LogP contribution in [-0.2, 0) is 5.75 Å². The fraction of sp³-hybridized carbons (Fsp3) is 0.0714. The van der Waals surface area contributed by atoms with Crippen LogP contribution >= 0.6 is 11.8 Å². The molecule has 0 aliphatic rings. The summed E-state index contributed by atoms with van der Waals surface area (Å²) in [5.74, 6) is 0.736. The number of imidazole rings is 1. The second kappa shape index (κ2) is 5.34. The van der Waals surface area contributed by atoms with Crippen molar-refractivity contribution < 1.29 is 4.92 Å². The van der Waals surface area contributed by atoms with Gasteiger partial charge in [-0.1, -0.05) is 6.07 Å². The zero-order valence-corrected chi connectivity index (χ0v) is 11.3. The lowest BCUT2D eigenvalue weighted by molar-refractivity contribution is -0.384. The average Bonchev–Trinajstić information content (AvgIpc) is 2.88. The number of hydrogen-bond acceptors (Lipinski definition) is 4. The topological polar surface area (TPSA) is 60.4 Å². The van der Waals surface area contributed by atoms with Crippen LogP contribution in [-0.4, -0.2) is 14.3 Å². The fourth-order valence-corrected chi connectivity index (χ4v) is 2.66. The Kier molecular flexibility index (Phi) is 3.39. The van der Waals surface area contributed by atoms with E-state index >= 15 is 0 Å². The summed E-state index contributed by atoms with van der Waals surface area (Å²) in [6.45, 7) is 0. The van der Waals surface area contributed by atoms with E-state index in [9.17, 15) is 10.1 Å². The molecule has 5 nitrogen and oxygen atoms in total. The number of nitro benzene ring substituents is 1. The van der Waals surface area contributed by atoms with Crippen LogP contribution in [0.3, 0.4) is 0 Å². The molecule has 0 fully saturated rings.